The zero-order chi connectivity index (χ0) is 18.2. The van der Waals surface area contributed by atoms with Gasteiger partial charge in [-0.1, -0.05) is 26.0 Å². The first-order valence-corrected chi connectivity index (χ1v) is 9.36. The molecule has 0 radical (unpaired) electrons. The molecule has 1 N–H and O–H groups in total. The maximum absolute atomic E-state index is 13.1. The van der Waals surface area contributed by atoms with Crippen LogP contribution in [0.15, 0.2) is 24.3 Å². The highest BCUT2D eigenvalue weighted by Crippen LogP contribution is 2.17. The second-order valence-electron chi connectivity index (χ2n) is 6.81. The number of halogens is 1. The Kier molecular flexibility index (Phi) is 7.41. The van der Waals surface area contributed by atoms with Gasteiger partial charge in [0.05, 0.1) is 0 Å². The average molecular weight is 348 g/mol. The molecule has 0 aromatic heterocycles. The summed E-state index contributed by atoms with van der Waals surface area (Å²) in [5.74, 6) is 0.0970. The van der Waals surface area contributed by atoms with E-state index in [0.29, 0.717) is 25.9 Å². The number of nitrogens with zero attached hydrogens (tertiary/aromatic N) is 1. The molecule has 0 atom stereocenters. The SMILES string of the molecule is CCC(CC)C(=O)N1CCC(NC(=O)CCc2cccc(F)c2)CC1. The number of rotatable bonds is 7. The number of piperidine rings is 1. The van der Waals surface area contributed by atoms with E-state index in [0.717, 1.165) is 31.2 Å². The van der Waals surface area contributed by atoms with Crippen LogP contribution in [0.5, 0.6) is 0 Å². The van der Waals surface area contributed by atoms with Crippen molar-refractivity contribution >= 4 is 11.8 Å². The summed E-state index contributed by atoms with van der Waals surface area (Å²) in [6, 6.07) is 6.49. The first-order chi connectivity index (χ1) is 12.0. The maximum atomic E-state index is 13.1. The maximum Gasteiger partial charge on any atom is 0.225 e. The Morgan fingerprint density at radius 3 is 2.52 bits per heavy atom. The van der Waals surface area contributed by atoms with Crippen LogP contribution in [0.25, 0.3) is 0 Å². The van der Waals surface area contributed by atoms with Crippen LogP contribution in [0.3, 0.4) is 0 Å². The molecule has 1 heterocycles. The second kappa shape index (κ2) is 9.54. The second-order valence-corrected chi connectivity index (χ2v) is 6.81. The molecule has 25 heavy (non-hydrogen) atoms. The predicted octanol–water partition coefficient (Wildman–Crippen LogP) is 3.30. The minimum atomic E-state index is -0.271. The first kappa shape index (κ1) is 19.4. The lowest BCUT2D eigenvalue weighted by Crippen LogP contribution is -2.48. The van der Waals surface area contributed by atoms with Crippen molar-refractivity contribution in [1.82, 2.24) is 10.2 Å². The molecule has 1 aliphatic heterocycles. The van der Waals surface area contributed by atoms with Crippen LogP contribution >= 0.6 is 0 Å². The van der Waals surface area contributed by atoms with Crippen molar-refractivity contribution in [2.75, 3.05) is 13.1 Å². The van der Waals surface area contributed by atoms with Gasteiger partial charge in [0.15, 0.2) is 0 Å². The number of hydrogen-bond acceptors (Lipinski definition) is 2. The van der Waals surface area contributed by atoms with Crippen molar-refractivity contribution in [3.05, 3.63) is 35.6 Å². The van der Waals surface area contributed by atoms with Crippen LogP contribution in [0.2, 0.25) is 0 Å². The summed E-state index contributed by atoms with van der Waals surface area (Å²) < 4.78 is 13.1. The van der Waals surface area contributed by atoms with Gasteiger partial charge in [-0.3, -0.25) is 9.59 Å². The number of aryl methyl sites for hydroxylation is 1. The Morgan fingerprint density at radius 2 is 1.92 bits per heavy atom. The summed E-state index contributed by atoms with van der Waals surface area (Å²) in [6.45, 7) is 5.53. The van der Waals surface area contributed by atoms with E-state index in [1.807, 2.05) is 11.0 Å². The third kappa shape index (κ3) is 5.83. The molecule has 1 aliphatic rings. The van der Waals surface area contributed by atoms with E-state index in [9.17, 15) is 14.0 Å². The molecular formula is C20H29FN2O2. The van der Waals surface area contributed by atoms with E-state index in [1.54, 1.807) is 6.07 Å². The van der Waals surface area contributed by atoms with Crippen LogP contribution < -0.4 is 5.32 Å². The van der Waals surface area contributed by atoms with Crippen LogP contribution in [0, 0.1) is 11.7 Å². The lowest BCUT2D eigenvalue weighted by molar-refractivity contribution is -0.137. The van der Waals surface area contributed by atoms with Gasteiger partial charge in [0.25, 0.3) is 0 Å². The highest BCUT2D eigenvalue weighted by molar-refractivity contribution is 5.79. The molecule has 1 saturated heterocycles. The Labute approximate surface area is 149 Å². The van der Waals surface area contributed by atoms with E-state index in [2.05, 4.69) is 19.2 Å². The van der Waals surface area contributed by atoms with Crippen LogP contribution in [-0.4, -0.2) is 35.8 Å². The topological polar surface area (TPSA) is 49.4 Å². The molecule has 1 fully saturated rings. The van der Waals surface area contributed by atoms with Gasteiger partial charge in [-0.2, -0.15) is 0 Å². The van der Waals surface area contributed by atoms with Gasteiger partial charge in [0.2, 0.25) is 11.8 Å². The highest BCUT2D eigenvalue weighted by Gasteiger charge is 2.26. The molecular weight excluding hydrogens is 319 g/mol. The third-order valence-electron chi connectivity index (χ3n) is 5.04. The molecule has 0 saturated carbocycles. The summed E-state index contributed by atoms with van der Waals surface area (Å²) in [4.78, 5) is 26.4. The van der Waals surface area contributed by atoms with Gasteiger partial charge >= 0.3 is 0 Å². The van der Waals surface area contributed by atoms with E-state index < -0.39 is 0 Å². The van der Waals surface area contributed by atoms with Gasteiger partial charge in [-0.25, -0.2) is 4.39 Å². The summed E-state index contributed by atoms with van der Waals surface area (Å²) in [5.41, 5.74) is 0.834. The van der Waals surface area contributed by atoms with Crippen LogP contribution in [0.1, 0.15) is 51.5 Å². The summed E-state index contributed by atoms with van der Waals surface area (Å²) in [7, 11) is 0. The fourth-order valence-electron chi connectivity index (χ4n) is 3.39. The Hall–Kier alpha value is -1.91. The van der Waals surface area contributed by atoms with Crippen molar-refractivity contribution in [1.29, 1.82) is 0 Å². The van der Waals surface area contributed by atoms with Gasteiger partial charge in [0.1, 0.15) is 5.82 Å². The largest absolute Gasteiger partial charge is 0.353 e. The number of carbonyl (C=O) groups is 2. The monoisotopic (exact) mass is 348 g/mol. The van der Waals surface area contributed by atoms with Crippen LogP contribution in [0.4, 0.5) is 4.39 Å². The number of amides is 2. The molecule has 1 aromatic rings. The van der Waals surface area contributed by atoms with Crippen LogP contribution in [-0.2, 0) is 16.0 Å². The van der Waals surface area contributed by atoms with E-state index in [4.69, 9.17) is 0 Å². The molecule has 1 aromatic carbocycles. The normalized spacial score (nSPS) is 15.4. The summed E-state index contributed by atoms with van der Waals surface area (Å²) in [5, 5.41) is 3.05. The Balaban J connectivity index is 1.72. The lowest BCUT2D eigenvalue weighted by Gasteiger charge is -2.34. The Bertz CT molecular complexity index is 579. The fourth-order valence-corrected chi connectivity index (χ4v) is 3.39. The summed E-state index contributed by atoms with van der Waals surface area (Å²) in [6.07, 6.45) is 4.26. The molecule has 4 nitrogen and oxygen atoms in total. The van der Waals surface area contributed by atoms with Crippen molar-refractivity contribution in [2.24, 2.45) is 5.92 Å². The molecule has 2 amide bonds. The quantitative estimate of drug-likeness (QED) is 0.822. The summed E-state index contributed by atoms with van der Waals surface area (Å²) >= 11 is 0. The molecule has 0 aliphatic carbocycles. The Morgan fingerprint density at radius 1 is 1.24 bits per heavy atom. The molecule has 0 unspecified atom stereocenters. The molecule has 138 valence electrons. The zero-order valence-electron chi connectivity index (χ0n) is 15.3. The van der Waals surface area contributed by atoms with Gasteiger partial charge in [-0.05, 0) is 49.8 Å². The number of benzene rings is 1. The minimum absolute atomic E-state index is 0.00553. The third-order valence-corrected chi connectivity index (χ3v) is 5.04. The average Bonchev–Trinajstić information content (AvgIpc) is 2.61. The van der Waals surface area contributed by atoms with Gasteiger partial charge in [0, 0.05) is 31.5 Å². The van der Waals surface area contributed by atoms with Gasteiger partial charge < -0.3 is 10.2 Å². The molecule has 5 heteroatoms. The van der Waals surface area contributed by atoms with Crippen molar-refractivity contribution < 1.29 is 14.0 Å². The smallest absolute Gasteiger partial charge is 0.225 e. The number of nitrogens with one attached hydrogen (secondary N) is 1. The number of hydrogen-bond donors (Lipinski definition) is 1. The standard InChI is InChI=1S/C20H29FN2O2/c1-3-16(4-2)20(25)23-12-10-18(11-13-23)22-19(24)9-8-15-6-5-7-17(21)14-15/h5-7,14,16,18H,3-4,8-13H2,1-2H3,(H,22,24). The first-order valence-electron chi connectivity index (χ1n) is 9.36. The van der Waals surface area contributed by atoms with E-state index >= 15 is 0 Å². The minimum Gasteiger partial charge on any atom is -0.353 e. The van der Waals surface area contributed by atoms with Gasteiger partial charge in [-0.15, -0.1) is 0 Å². The van der Waals surface area contributed by atoms with E-state index in [1.165, 1.54) is 12.1 Å². The molecule has 0 spiro atoms. The fraction of sp³-hybridized carbons (Fsp3) is 0.600. The van der Waals surface area contributed by atoms with Crippen molar-refractivity contribution in [2.45, 2.75) is 58.4 Å². The van der Waals surface area contributed by atoms with Crippen molar-refractivity contribution in [3.63, 3.8) is 0 Å². The molecule has 0 bridgehead atoms. The lowest BCUT2D eigenvalue weighted by atomic mass is 9.98. The highest BCUT2D eigenvalue weighted by atomic mass is 19.1. The number of carbonyl (C=O) groups excluding carboxylic acids is 2. The molecule has 2 rings (SSSR count). The number of likely N-dealkylation sites (tertiary alicyclic amines) is 1. The van der Waals surface area contributed by atoms with E-state index in [-0.39, 0.29) is 29.6 Å². The zero-order valence-corrected chi connectivity index (χ0v) is 15.3. The predicted molar refractivity (Wildman–Crippen MR) is 96.5 cm³/mol. The van der Waals surface area contributed by atoms with Crippen molar-refractivity contribution in [3.8, 4) is 0 Å².